The van der Waals surface area contributed by atoms with Crippen molar-refractivity contribution in [3.05, 3.63) is 0 Å². The third kappa shape index (κ3) is 3.33. The molecule has 5 unspecified atom stereocenters. The van der Waals surface area contributed by atoms with Crippen molar-refractivity contribution in [1.82, 2.24) is 0 Å². The SMILES string of the molecule is O=C(O)C1O[C@H](O[C@]2(CO)O[C@H](C(=O)O)C(O)C2O)C(O)C(O)[C@@H]1O. The molecule has 25 heavy (non-hydrogen) atoms. The Labute approximate surface area is 139 Å². The highest BCUT2D eigenvalue weighted by molar-refractivity contribution is 5.74. The van der Waals surface area contributed by atoms with Gasteiger partial charge in [-0.25, -0.2) is 9.59 Å². The lowest BCUT2D eigenvalue weighted by atomic mass is 9.98. The summed E-state index contributed by atoms with van der Waals surface area (Å²) < 4.78 is 14.6. The van der Waals surface area contributed by atoms with Crippen molar-refractivity contribution in [2.75, 3.05) is 6.61 Å². The van der Waals surface area contributed by atoms with Crippen LogP contribution in [0, 0.1) is 0 Å². The van der Waals surface area contributed by atoms with E-state index in [0.29, 0.717) is 0 Å². The molecule has 0 spiro atoms. The maximum atomic E-state index is 11.0. The summed E-state index contributed by atoms with van der Waals surface area (Å²) in [5.41, 5.74) is 0. The van der Waals surface area contributed by atoms with Crippen molar-refractivity contribution in [2.24, 2.45) is 0 Å². The Hall–Kier alpha value is -1.42. The average Bonchev–Trinajstić information content (AvgIpc) is 2.80. The van der Waals surface area contributed by atoms with Crippen LogP contribution in [-0.4, -0.2) is 114 Å². The highest BCUT2D eigenvalue weighted by Crippen LogP contribution is 2.36. The van der Waals surface area contributed by atoms with Crippen molar-refractivity contribution >= 4 is 11.9 Å². The summed E-state index contributed by atoms with van der Waals surface area (Å²) in [6, 6.07) is 0. The lowest BCUT2D eigenvalue weighted by molar-refractivity contribution is -0.378. The Morgan fingerprint density at radius 3 is 1.88 bits per heavy atom. The zero-order valence-corrected chi connectivity index (χ0v) is 12.4. The summed E-state index contributed by atoms with van der Waals surface area (Å²) in [5, 5.41) is 76.0. The number of aliphatic carboxylic acids is 2. The predicted octanol–water partition coefficient (Wildman–Crippen LogP) is -5.21. The summed E-state index contributed by atoms with van der Waals surface area (Å²) in [7, 11) is 0. The van der Waals surface area contributed by atoms with E-state index in [-0.39, 0.29) is 0 Å². The number of rotatable bonds is 5. The summed E-state index contributed by atoms with van der Waals surface area (Å²) in [6.07, 6.45) is -16.3. The third-order valence-corrected chi connectivity index (χ3v) is 4.00. The fraction of sp³-hybridized carbons (Fsp3) is 0.833. The number of aliphatic hydroxyl groups excluding tert-OH is 6. The summed E-state index contributed by atoms with van der Waals surface area (Å²) in [6.45, 7) is -1.21. The fourth-order valence-corrected chi connectivity index (χ4v) is 2.59. The Bertz CT molecular complexity index is 525. The van der Waals surface area contributed by atoms with Gasteiger partial charge < -0.3 is 55.1 Å². The van der Waals surface area contributed by atoms with Crippen LogP contribution in [0.5, 0.6) is 0 Å². The van der Waals surface area contributed by atoms with Gasteiger partial charge in [-0.2, -0.15) is 0 Å². The molecular weight excluding hydrogens is 352 g/mol. The quantitative estimate of drug-likeness (QED) is 0.227. The van der Waals surface area contributed by atoms with Crippen LogP contribution in [-0.2, 0) is 23.8 Å². The first-order valence-corrected chi connectivity index (χ1v) is 7.03. The predicted molar refractivity (Wildman–Crippen MR) is 69.7 cm³/mol. The topological polar surface area (TPSA) is 224 Å². The van der Waals surface area contributed by atoms with Crippen LogP contribution in [0.2, 0.25) is 0 Å². The van der Waals surface area contributed by atoms with E-state index in [1.807, 2.05) is 0 Å². The van der Waals surface area contributed by atoms with Gasteiger partial charge in [0.1, 0.15) is 37.1 Å². The number of carbonyl (C=O) groups is 2. The van der Waals surface area contributed by atoms with Crippen LogP contribution in [0.4, 0.5) is 0 Å². The minimum atomic E-state index is -2.58. The maximum Gasteiger partial charge on any atom is 0.335 e. The fourth-order valence-electron chi connectivity index (χ4n) is 2.59. The molecule has 13 nitrogen and oxygen atoms in total. The second-order valence-electron chi connectivity index (χ2n) is 5.64. The molecular formula is C12H18O13. The second kappa shape index (κ2) is 7.06. The number of carboxylic acid groups (broad SMARTS) is 2. The molecule has 0 radical (unpaired) electrons. The molecule has 2 fully saturated rings. The van der Waals surface area contributed by atoms with E-state index in [1.54, 1.807) is 0 Å². The molecule has 8 N–H and O–H groups in total. The van der Waals surface area contributed by atoms with Gasteiger partial charge in [-0.05, 0) is 0 Å². The number of hydrogen-bond acceptors (Lipinski definition) is 11. The van der Waals surface area contributed by atoms with Crippen molar-refractivity contribution in [2.45, 2.75) is 54.8 Å². The molecule has 0 aromatic heterocycles. The molecule has 0 aliphatic carbocycles. The Morgan fingerprint density at radius 1 is 0.880 bits per heavy atom. The third-order valence-electron chi connectivity index (χ3n) is 4.00. The first-order chi connectivity index (χ1) is 11.6. The van der Waals surface area contributed by atoms with Crippen molar-refractivity contribution in [3.8, 4) is 0 Å². The van der Waals surface area contributed by atoms with Crippen molar-refractivity contribution in [3.63, 3.8) is 0 Å². The van der Waals surface area contributed by atoms with E-state index in [4.69, 9.17) is 24.4 Å². The van der Waals surface area contributed by atoms with Gasteiger partial charge in [-0.3, -0.25) is 0 Å². The standard InChI is InChI=1S/C12H18O13/c13-1-12(8(18)5(17)7(24-12)10(21)22)25-11-4(16)2(14)3(15)6(23-11)9(19)20/h2-8,11,13-18H,1H2,(H,19,20)(H,21,22)/t2?,3-,4?,5?,6?,7-,8?,11+,12-/m0/s1. The van der Waals surface area contributed by atoms with Gasteiger partial charge in [0.05, 0.1) is 0 Å². The number of ether oxygens (including phenoxy) is 3. The van der Waals surface area contributed by atoms with Gasteiger partial charge in [0.15, 0.2) is 18.5 Å². The Balaban J connectivity index is 2.25. The number of hydrogen-bond donors (Lipinski definition) is 8. The molecule has 0 aromatic carbocycles. The van der Waals surface area contributed by atoms with Crippen LogP contribution in [0.3, 0.4) is 0 Å². The molecule has 2 rings (SSSR count). The summed E-state index contributed by atoms with van der Waals surface area (Å²) in [5.74, 6) is -5.98. The smallest absolute Gasteiger partial charge is 0.335 e. The molecule has 0 bridgehead atoms. The molecule has 0 aromatic rings. The highest BCUT2D eigenvalue weighted by atomic mass is 16.8. The average molecular weight is 370 g/mol. The van der Waals surface area contributed by atoms with E-state index in [9.17, 15) is 40.2 Å². The molecule has 2 heterocycles. The molecule has 2 saturated heterocycles. The first kappa shape index (κ1) is 19.9. The second-order valence-corrected chi connectivity index (χ2v) is 5.64. The van der Waals surface area contributed by atoms with Crippen LogP contribution in [0.15, 0.2) is 0 Å². The molecule has 0 saturated carbocycles. The monoisotopic (exact) mass is 370 g/mol. The number of carboxylic acids is 2. The number of aliphatic hydroxyl groups is 6. The summed E-state index contributed by atoms with van der Waals surface area (Å²) >= 11 is 0. The zero-order chi connectivity index (χ0) is 19.1. The Kier molecular flexibility index (Phi) is 5.62. The highest BCUT2D eigenvalue weighted by Gasteiger charge is 2.60. The van der Waals surface area contributed by atoms with E-state index < -0.39 is 73.4 Å². The van der Waals surface area contributed by atoms with Gasteiger partial charge in [0, 0.05) is 0 Å². The Morgan fingerprint density at radius 2 is 1.44 bits per heavy atom. The molecule has 2 aliphatic heterocycles. The molecule has 0 amide bonds. The van der Waals surface area contributed by atoms with E-state index in [1.165, 1.54) is 0 Å². The van der Waals surface area contributed by atoms with Gasteiger partial charge in [0.25, 0.3) is 0 Å². The maximum absolute atomic E-state index is 11.0. The van der Waals surface area contributed by atoms with Gasteiger partial charge in [-0.1, -0.05) is 0 Å². The van der Waals surface area contributed by atoms with Crippen LogP contribution in [0.1, 0.15) is 0 Å². The normalized spacial score (nSPS) is 47.6. The summed E-state index contributed by atoms with van der Waals surface area (Å²) in [4.78, 5) is 22.0. The first-order valence-electron chi connectivity index (χ1n) is 7.03. The molecule has 2 aliphatic rings. The lowest BCUT2D eigenvalue weighted by Crippen LogP contribution is -2.63. The van der Waals surface area contributed by atoms with Crippen LogP contribution < -0.4 is 0 Å². The molecule has 144 valence electrons. The molecule has 9 atom stereocenters. The van der Waals surface area contributed by atoms with Gasteiger partial charge >= 0.3 is 11.9 Å². The van der Waals surface area contributed by atoms with Crippen LogP contribution in [0.25, 0.3) is 0 Å². The minimum absolute atomic E-state index is 1.21. The van der Waals surface area contributed by atoms with Crippen LogP contribution >= 0.6 is 0 Å². The van der Waals surface area contributed by atoms with Crippen molar-refractivity contribution < 1.29 is 64.7 Å². The van der Waals surface area contributed by atoms with Crippen molar-refractivity contribution in [1.29, 1.82) is 0 Å². The van der Waals surface area contributed by atoms with Gasteiger partial charge in [0.2, 0.25) is 5.79 Å². The van der Waals surface area contributed by atoms with Gasteiger partial charge in [-0.15, -0.1) is 0 Å². The van der Waals surface area contributed by atoms with E-state index >= 15 is 0 Å². The zero-order valence-electron chi connectivity index (χ0n) is 12.4. The van der Waals surface area contributed by atoms with E-state index in [0.717, 1.165) is 0 Å². The minimum Gasteiger partial charge on any atom is -0.479 e. The largest absolute Gasteiger partial charge is 0.479 e. The lowest BCUT2D eigenvalue weighted by Gasteiger charge is -2.42. The molecule has 13 heteroatoms. The van der Waals surface area contributed by atoms with E-state index in [2.05, 4.69) is 0 Å².